The Labute approximate surface area is 117 Å². The normalized spacial score (nSPS) is 10.2. The van der Waals surface area contributed by atoms with E-state index >= 15 is 0 Å². The number of nitrogens with zero attached hydrogens (tertiary/aromatic N) is 1. The standard InChI is InChI=1S/C16H14N2O2/c1-19-14-3-2-4-15(11-14)20-13-7-5-12(6-8-13)16-9-10-17-18-16/h2-11H,1H3,(H,17,18). The van der Waals surface area contributed by atoms with Crippen LogP contribution in [0.4, 0.5) is 0 Å². The minimum Gasteiger partial charge on any atom is -0.497 e. The number of hydrogen-bond acceptors (Lipinski definition) is 3. The van der Waals surface area contributed by atoms with Crippen LogP contribution in [0.1, 0.15) is 0 Å². The van der Waals surface area contributed by atoms with Crippen LogP contribution in [-0.2, 0) is 0 Å². The highest BCUT2D eigenvalue weighted by Gasteiger charge is 2.01. The second kappa shape index (κ2) is 5.48. The SMILES string of the molecule is COc1cccc(Oc2ccc(-c3ccn[nH]3)cc2)c1. The van der Waals surface area contributed by atoms with Gasteiger partial charge in [-0.15, -0.1) is 0 Å². The zero-order valence-electron chi connectivity index (χ0n) is 11.0. The Hall–Kier alpha value is -2.75. The van der Waals surface area contributed by atoms with Gasteiger partial charge in [-0.2, -0.15) is 5.10 Å². The fourth-order valence-electron chi connectivity index (χ4n) is 1.92. The Kier molecular flexibility index (Phi) is 3.37. The Balaban J connectivity index is 1.78. The molecular formula is C16H14N2O2. The Morgan fingerprint density at radius 3 is 2.40 bits per heavy atom. The molecule has 3 rings (SSSR count). The molecule has 1 N–H and O–H groups in total. The van der Waals surface area contributed by atoms with E-state index in [0.29, 0.717) is 0 Å². The van der Waals surface area contributed by atoms with Crippen molar-refractivity contribution >= 4 is 0 Å². The fraction of sp³-hybridized carbons (Fsp3) is 0.0625. The van der Waals surface area contributed by atoms with Crippen molar-refractivity contribution in [1.29, 1.82) is 0 Å². The van der Waals surface area contributed by atoms with E-state index in [2.05, 4.69) is 10.2 Å². The molecule has 4 heteroatoms. The zero-order chi connectivity index (χ0) is 13.8. The average molecular weight is 266 g/mol. The molecule has 0 aliphatic carbocycles. The number of hydrogen-bond donors (Lipinski definition) is 1. The largest absolute Gasteiger partial charge is 0.497 e. The maximum Gasteiger partial charge on any atom is 0.131 e. The summed E-state index contributed by atoms with van der Waals surface area (Å²) in [6.45, 7) is 0. The lowest BCUT2D eigenvalue weighted by Gasteiger charge is -2.07. The van der Waals surface area contributed by atoms with E-state index < -0.39 is 0 Å². The summed E-state index contributed by atoms with van der Waals surface area (Å²) in [6.07, 6.45) is 1.73. The molecule has 3 aromatic rings. The van der Waals surface area contributed by atoms with Crippen molar-refractivity contribution in [3.8, 4) is 28.5 Å². The van der Waals surface area contributed by atoms with Crippen LogP contribution >= 0.6 is 0 Å². The Bertz CT molecular complexity index is 676. The van der Waals surface area contributed by atoms with Crippen molar-refractivity contribution in [2.45, 2.75) is 0 Å². The van der Waals surface area contributed by atoms with Gasteiger partial charge in [-0.05, 0) is 48.0 Å². The van der Waals surface area contributed by atoms with Gasteiger partial charge in [0.2, 0.25) is 0 Å². The van der Waals surface area contributed by atoms with Gasteiger partial charge in [0.05, 0.1) is 12.8 Å². The molecule has 0 fully saturated rings. The third-order valence-electron chi connectivity index (χ3n) is 2.94. The average Bonchev–Trinajstić information content (AvgIpc) is 3.02. The van der Waals surface area contributed by atoms with Crippen LogP contribution in [0.3, 0.4) is 0 Å². The first-order valence-electron chi connectivity index (χ1n) is 6.27. The van der Waals surface area contributed by atoms with E-state index in [9.17, 15) is 0 Å². The third kappa shape index (κ3) is 2.64. The van der Waals surface area contributed by atoms with E-state index in [1.165, 1.54) is 0 Å². The monoisotopic (exact) mass is 266 g/mol. The van der Waals surface area contributed by atoms with E-state index in [-0.39, 0.29) is 0 Å². The van der Waals surface area contributed by atoms with Crippen molar-refractivity contribution in [3.05, 3.63) is 60.8 Å². The molecule has 0 amide bonds. The predicted molar refractivity (Wildman–Crippen MR) is 77.1 cm³/mol. The summed E-state index contributed by atoms with van der Waals surface area (Å²) >= 11 is 0. The lowest BCUT2D eigenvalue weighted by molar-refractivity contribution is 0.409. The van der Waals surface area contributed by atoms with E-state index in [4.69, 9.17) is 9.47 Å². The Morgan fingerprint density at radius 1 is 0.900 bits per heavy atom. The number of nitrogens with one attached hydrogen (secondary N) is 1. The molecule has 0 unspecified atom stereocenters. The summed E-state index contributed by atoms with van der Waals surface area (Å²) in [5, 5.41) is 6.87. The highest BCUT2D eigenvalue weighted by atomic mass is 16.5. The van der Waals surface area contributed by atoms with Crippen LogP contribution in [0, 0.1) is 0 Å². The van der Waals surface area contributed by atoms with E-state index in [1.54, 1.807) is 13.3 Å². The van der Waals surface area contributed by atoms with Crippen LogP contribution in [0.2, 0.25) is 0 Å². The van der Waals surface area contributed by atoms with Gasteiger partial charge in [0, 0.05) is 12.3 Å². The minimum absolute atomic E-state index is 0.749. The van der Waals surface area contributed by atoms with Gasteiger partial charge in [0.15, 0.2) is 0 Å². The molecule has 100 valence electrons. The lowest BCUT2D eigenvalue weighted by Crippen LogP contribution is -1.87. The molecule has 20 heavy (non-hydrogen) atoms. The molecule has 0 atom stereocenters. The molecule has 0 radical (unpaired) electrons. The number of methoxy groups -OCH3 is 1. The molecular weight excluding hydrogens is 252 g/mol. The number of rotatable bonds is 4. The molecule has 2 aromatic carbocycles. The zero-order valence-corrected chi connectivity index (χ0v) is 11.0. The van der Waals surface area contributed by atoms with Crippen LogP contribution in [0.25, 0.3) is 11.3 Å². The highest BCUT2D eigenvalue weighted by Crippen LogP contribution is 2.27. The molecule has 0 aliphatic heterocycles. The van der Waals surface area contributed by atoms with Crippen LogP contribution in [0.15, 0.2) is 60.8 Å². The van der Waals surface area contributed by atoms with Crippen molar-refractivity contribution in [1.82, 2.24) is 10.2 Å². The van der Waals surface area contributed by atoms with Gasteiger partial charge in [-0.1, -0.05) is 6.07 Å². The van der Waals surface area contributed by atoms with E-state index in [1.807, 2.05) is 54.6 Å². The summed E-state index contributed by atoms with van der Waals surface area (Å²) in [7, 11) is 1.64. The molecule has 0 bridgehead atoms. The van der Waals surface area contributed by atoms with E-state index in [0.717, 1.165) is 28.5 Å². The van der Waals surface area contributed by atoms with Crippen LogP contribution < -0.4 is 9.47 Å². The third-order valence-corrected chi connectivity index (χ3v) is 2.94. The number of H-pyrrole nitrogens is 1. The minimum atomic E-state index is 0.749. The van der Waals surface area contributed by atoms with Gasteiger partial charge in [-0.3, -0.25) is 5.10 Å². The van der Waals surface area contributed by atoms with Crippen LogP contribution in [0.5, 0.6) is 17.2 Å². The molecule has 0 saturated carbocycles. The molecule has 1 heterocycles. The van der Waals surface area contributed by atoms with Crippen molar-refractivity contribution in [2.75, 3.05) is 7.11 Å². The Morgan fingerprint density at radius 2 is 1.70 bits per heavy atom. The smallest absolute Gasteiger partial charge is 0.131 e. The summed E-state index contributed by atoms with van der Waals surface area (Å²) in [5.74, 6) is 2.30. The fourth-order valence-corrected chi connectivity index (χ4v) is 1.92. The second-order valence-electron chi connectivity index (χ2n) is 4.28. The maximum absolute atomic E-state index is 5.79. The first-order valence-corrected chi connectivity index (χ1v) is 6.27. The molecule has 0 aliphatic rings. The number of benzene rings is 2. The first kappa shape index (κ1) is 12.3. The summed E-state index contributed by atoms with van der Waals surface area (Å²) < 4.78 is 11.0. The lowest BCUT2D eigenvalue weighted by atomic mass is 10.1. The number of ether oxygens (including phenoxy) is 2. The molecule has 0 saturated heterocycles. The molecule has 0 spiro atoms. The molecule has 1 aromatic heterocycles. The van der Waals surface area contributed by atoms with Crippen molar-refractivity contribution in [2.24, 2.45) is 0 Å². The van der Waals surface area contributed by atoms with Gasteiger partial charge < -0.3 is 9.47 Å². The quantitative estimate of drug-likeness (QED) is 0.779. The summed E-state index contributed by atoms with van der Waals surface area (Å²) in [5.41, 5.74) is 2.05. The van der Waals surface area contributed by atoms with Gasteiger partial charge >= 0.3 is 0 Å². The summed E-state index contributed by atoms with van der Waals surface area (Å²) in [6, 6.07) is 17.3. The van der Waals surface area contributed by atoms with Gasteiger partial charge in [0.1, 0.15) is 17.2 Å². The summed E-state index contributed by atoms with van der Waals surface area (Å²) in [4.78, 5) is 0. The van der Waals surface area contributed by atoms with Gasteiger partial charge in [-0.25, -0.2) is 0 Å². The van der Waals surface area contributed by atoms with Gasteiger partial charge in [0.25, 0.3) is 0 Å². The highest BCUT2D eigenvalue weighted by molar-refractivity contribution is 5.59. The number of aromatic nitrogens is 2. The van der Waals surface area contributed by atoms with Crippen molar-refractivity contribution in [3.63, 3.8) is 0 Å². The first-order chi connectivity index (χ1) is 9.85. The molecule has 4 nitrogen and oxygen atoms in total. The van der Waals surface area contributed by atoms with Crippen LogP contribution in [-0.4, -0.2) is 17.3 Å². The second-order valence-corrected chi connectivity index (χ2v) is 4.28. The number of aromatic amines is 1. The van der Waals surface area contributed by atoms with Crippen molar-refractivity contribution < 1.29 is 9.47 Å². The maximum atomic E-state index is 5.79. The topological polar surface area (TPSA) is 47.1 Å². The predicted octanol–water partition coefficient (Wildman–Crippen LogP) is 3.88.